The number of fused-ring (bicyclic) bond motifs is 3. The molecule has 196 valence electrons. The summed E-state index contributed by atoms with van der Waals surface area (Å²) in [6, 6.07) is 8.71. The molecule has 2 amide bonds. The molecular formula is C26H35N3O5S2. The van der Waals surface area contributed by atoms with Gasteiger partial charge < -0.3 is 15.0 Å². The molecule has 10 heteroatoms. The molecule has 2 saturated carbocycles. The molecule has 4 fully saturated rings. The number of nitrogens with one attached hydrogen (secondary N) is 1. The molecule has 2 aliphatic carbocycles. The van der Waals surface area contributed by atoms with Gasteiger partial charge in [-0.15, -0.1) is 0 Å². The molecule has 0 unspecified atom stereocenters. The number of hydrogen-bond acceptors (Lipinski definition) is 6. The predicted molar refractivity (Wildman–Crippen MR) is 141 cm³/mol. The Morgan fingerprint density at radius 1 is 1.14 bits per heavy atom. The molecule has 0 radical (unpaired) electrons. The van der Waals surface area contributed by atoms with Crippen molar-refractivity contribution in [2.24, 2.45) is 16.8 Å². The summed E-state index contributed by atoms with van der Waals surface area (Å²) >= 11 is 1.42. The lowest BCUT2D eigenvalue weighted by Gasteiger charge is -2.36. The minimum absolute atomic E-state index is 0.105. The Morgan fingerprint density at radius 3 is 2.53 bits per heavy atom. The molecule has 2 bridgehead atoms. The second kappa shape index (κ2) is 9.67. The third kappa shape index (κ3) is 5.59. The van der Waals surface area contributed by atoms with E-state index in [-0.39, 0.29) is 35.3 Å². The van der Waals surface area contributed by atoms with Crippen molar-refractivity contribution in [3.8, 4) is 0 Å². The fourth-order valence-corrected chi connectivity index (χ4v) is 10.2. The van der Waals surface area contributed by atoms with Crippen LogP contribution in [-0.2, 0) is 25.8 Å². The van der Waals surface area contributed by atoms with Gasteiger partial charge in [0.1, 0.15) is 11.6 Å². The van der Waals surface area contributed by atoms with E-state index in [4.69, 9.17) is 4.74 Å². The van der Waals surface area contributed by atoms with Crippen LogP contribution in [0.2, 0.25) is 0 Å². The second-order valence-electron chi connectivity index (χ2n) is 11.6. The normalized spacial score (nSPS) is 32.5. The number of aliphatic imine (C=N–C) groups is 1. The van der Waals surface area contributed by atoms with Crippen LogP contribution in [0.1, 0.15) is 52.0 Å². The number of amidine groups is 1. The highest BCUT2D eigenvalue weighted by Gasteiger charge is 2.54. The summed E-state index contributed by atoms with van der Waals surface area (Å²) in [6.45, 7) is 5.32. The van der Waals surface area contributed by atoms with Gasteiger partial charge in [0.2, 0.25) is 0 Å². The third-order valence-corrected chi connectivity index (χ3v) is 10.9. The Morgan fingerprint density at radius 2 is 1.89 bits per heavy atom. The highest BCUT2D eigenvalue weighted by molar-refractivity contribution is 8.15. The smallest absolute Gasteiger partial charge is 0.408 e. The van der Waals surface area contributed by atoms with Crippen LogP contribution < -0.4 is 5.32 Å². The van der Waals surface area contributed by atoms with Crippen molar-refractivity contribution >= 4 is 38.8 Å². The minimum atomic E-state index is -3.10. The van der Waals surface area contributed by atoms with Gasteiger partial charge in [-0.2, -0.15) is 4.99 Å². The van der Waals surface area contributed by atoms with Crippen LogP contribution in [0.25, 0.3) is 0 Å². The minimum Gasteiger partial charge on any atom is -0.444 e. The number of rotatable bonds is 5. The Kier molecular flexibility index (Phi) is 6.87. The summed E-state index contributed by atoms with van der Waals surface area (Å²) in [5, 5.41) is 3.24. The number of thioether (sulfide) groups is 1. The number of alkyl carbamates (subject to hydrolysis) is 1. The van der Waals surface area contributed by atoms with Gasteiger partial charge in [0, 0.05) is 17.7 Å². The van der Waals surface area contributed by atoms with Gasteiger partial charge in [0.05, 0.1) is 17.5 Å². The SMILES string of the molecule is CC(C)(C)OC(=O)N[C@H](Cc1ccccc1)C(=O)N=C1S[C@@H]2CS(=O)(=O)C[C@@H]2N1[C@@H]1C[C@H]2CC[C@H]1C2. The van der Waals surface area contributed by atoms with Crippen LogP contribution >= 0.6 is 11.8 Å². The first kappa shape index (κ1) is 25.6. The second-order valence-corrected chi connectivity index (χ2v) is 14.9. The number of hydrogen-bond donors (Lipinski definition) is 1. The van der Waals surface area contributed by atoms with E-state index in [1.54, 1.807) is 20.8 Å². The zero-order valence-electron chi connectivity index (χ0n) is 21.1. The molecular weight excluding hydrogens is 498 g/mol. The van der Waals surface area contributed by atoms with E-state index in [2.05, 4.69) is 15.2 Å². The summed E-state index contributed by atoms with van der Waals surface area (Å²) in [6.07, 6.45) is 4.22. The van der Waals surface area contributed by atoms with Crippen molar-refractivity contribution < 1.29 is 22.7 Å². The summed E-state index contributed by atoms with van der Waals surface area (Å²) < 4.78 is 30.3. The summed E-state index contributed by atoms with van der Waals surface area (Å²) in [5.74, 6) is 1.01. The van der Waals surface area contributed by atoms with Gasteiger partial charge in [-0.1, -0.05) is 48.5 Å². The van der Waals surface area contributed by atoms with Crippen molar-refractivity contribution in [1.29, 1.82) is 0 Å². The fourth-order valence-electron chi connectivity index (χ4n) is 6.20. The lowest BCUT2D eigenvalue weighted by Crippen LogP contribution is -2.48. The number of carbonyl (C=O) groups is 2. The Bertz CT molecular complexity index is 1150. The summed E-state index contributed by atoms with van der Waals surface area (Å²) in [4.78, 5) is 32.9. The van der Waals surface area contributed by atoms with E-state index in [0.717, 1.165) is 18.4 Å². The van der Waals surface area contributed by atoms with Crippen molar-refractivity contribution in [2.75, 3.05) is 11.5 Å². The molecule has 2 heterocycles. The van der Waals surface area contributed by atoms with Gasteiger partial charge in [-0.25, -0.2) is 13.2 Å². The van der Waals surface area contributed by atoms with Crippen molar-refractivity contribution in [2.45, 2.75) is 81.9 Å². The van der Waals surface area contributed by atoms with Crippen molar-refractivity contribution in [3.05, 3.63) is 35.9 Å². The molecule has 1 N–H and O–H groups in total. The van der Waals surface area contributed by atoms with Crippen LogP contribution in [0.4, 0.5) is 4.79 Å². The number of nitrogens with zero attached hydrogens (tertiary/aromatic N) is 2. The highest BCUT2D eigenvalue weighted by atomic mass is 32.2. The van der Waals surface area contributed by atoms with E-state index in [1.807, 2.05) is 30.3 Å². The standard InChI is InChI=1S/C26H35N3O5S2/c1-26(2,3)34-25(31)27-19(12-16-7-5-4-6-8-16)23(30)28-24-29(20-13-17-9-10-18(20)11-17)21-14-36(32,33)15-22(21)35-24/h4-8,17-22H,9-15H2,1-3H3,(H,27,31)/t17-,18-,19+,20+,21-,22+/m0/s1. The van der Waals surface area contributed by atoms with Crippen LogP contribution in [0.3, 0.4) is 0 Å². The monoisotopic (exact) mass is 533 g/mol. The molecule has 2 saturated heterocycles. The summed E-state index contributed by atoms with van der Waals surface area (Å²) in [7, 11) is -3.10. The van der Waals surface area contributed by atoms with Crippen LogP contribution in [-0.4, -0.2) is 71.0 Å². The van der Waals surface area contributed by atoms with Crippen LogP contribution in [0.5, 0.6) is 0 Å². The van der Waals surface area contributed by atoms with E-state index < -0.39 is 33.5 Å². The van der Waals surface area contributed by atoms with E-state index in [1.165, 1.54) is 24.6 Å². The average molecular weight is 534 g/mol. The first-order chi connectivity index (χ1) is 17.0. The van der Waals surface area contributed by atoms with Crippen molar-refractivity contribution in [3.63, 3.8) is 0 Å². The molecule has 36 heavy (non-hydrogen) atoms. The molecule has 0 aromatic heterocycles. The quantitative estimate of drug-likeness (QED) is 0.618. The molecule has 2 aliphatic heterocycles. The number of carbonyl (C=O) groups excluding carboxylic acids is 2. The summed E-state index contributed by atoms with van der Waals surface area (Å²) in [5.41, 5.74) is 0.207. The molecule has 5 rings (SSSR count). The van der Waals surface area contributed by atoms with Crippen molar-refractivity contribution in [1.82, 2.24) is 10.2 Å². The largest absolute Gasteiger partial charge is 0.444 e. The van der Waals surface area contributed by atoms with E-state index >= 15 is 0 Å². The maximum atomic E-state index is 13.6. The molecule has 4 aliphatic rings. The van der Waals surface area contributed by atoms with E-state index in [0.29, 0.717) is 17.0 Å². The number of benzene rings is 1. The lowest BCUT2D eigenvalue weighted by molar-refractivity contribution is -0.119. The van der Waals surface area contributed by atoms with Gasteiger partial charge >= 0.3 is 6.09 Å². The third-order valence-electron chi connectivity index (χ3n) is 7.64. The first-order valence-corrected chi connectivity index (χ1v) is 15.5. The first-order valence-electron chi connectivity index (χ1n) is 12.8. The molecule has 1 aromatic carbocycles. The predicted octanol–water partition coefficient (Wildman–Crippen LogP) is 3.41. The maximum absolute atomic E-state index is 13.6. The molecule has 1 aromatic rings. The van der Waals surface area contributed by atoms with Crippen LogP contribution in [0.15, 0.2) is 35.3 Å². The zero-order chi connectivity index (χ0) is 25.7. The number of amides is 2. The highest BCUT2D eigenvalue weighted by Crippen LogP contribution is 2.51. The Labute approximate surface area is 217 Å². The van der Waals surface area contributed by atoms with Gasteiger partial charge in [0.15, 0.2) is 15.0 Å². The number of ether oxygens (including phenoxy) is 1. The Balaban J connectivity index is 1.41. The Hall–Kier alpha value is -2.07. The number of sulfone groups is 1. The topological polar surface area (TPSA) is 105 Å². The van der Waals surface area contributed by atoms with E-state index in [9.17, 15) is 18.0 Å². The van der Waals surface area contributed by atoms with Gasteiger partial charge in [-0.3, -0.25) is 4.79 Å². The van der Waals surface area contributed by atoms with Gasteiger partial charge in [-0.05, 0) is 57.4 Å². The maximum Gasteiger partial charge on any atom is 0.408 e. The molecule has 6 atom stereocenters. The zero-order valence-corrected chi connectivity index (χ0v) is 22.7. The van der Waals surface area contributed by atoms with Crippen LogP contribution in [0, 0.1) is 11.8 Å². The van der Waals surface area contributed by atoms with Gasteiger partial charge in [0.25, 0.3) is 5.91 Å². The molecule has 8 nitrogen and oxygen atoms in total. The molecule has 0 spiro atoms. The average Bonchev–Trinajstić information content (AvgIpc) is 3.52. The lowest BCUT2D eigenvalue weighted by atomic mass is 9.93. The fraction of sp³-hybridized carbons (Fsp3) is 0.654.